The Kier molecular flexibility index (Phi) is 28.1. The Morgan fingerprint density at radius 2 is 0.240 bits per heavy atom. The standard InChI is InChI=1S/6C4H7F3O.2W/c6*1-3(2,8)4(5,6)7;;/h6*8H,1-2H3;;. The molecule has 0 amide bonds. The van der Waals surface area contributed by atoms with Gasteiger partial charge in [-0.2, -0.15) is 79.0 Å². The molecule has 26 heteroatoms. The third kappa shape index (κ3) is 36.2. The van der Waals surface area contributed by atoms with Gasteiger partial charge in [0.15, 0.2) is 33.6 Å². The van der Waals surface area contributed by atoms with Crippen LogP contribution in [0.5, 0.6) is 0 Å². The Bertz CT molecular complexity index is 637. The molecule has 0 unspecified atom stereocenters. The van der Waals surface area contributed by atoms with E-state index in [1.165, 1.54) is 0 Å². The summed E-state index contributed by atoms with van der Waals surface area (Å²) in [6.07, 6.45) is -27.0. The molecular formula is C24H42F18O6W2. The number of rotatable bonds is 0. The molecule has 0 rings (SSSR count). The van der Waals surface area contributed by atoms with Crippen molar-refractivity contribution in [1.82, 2.24) is 0 Å². The molecule has 0 aromatic rings. The van der Waals surface area contributed by atoms with Crippen molar-refractivity contribution in [1.29, 1.82) is 0 Å². The van der Waals surface area contributed by atoms with E-state index in [-0.39, 0.29) is 0 Å². The summed E-state index contributed by atoms with van der Waals surface area (Å²) >= 11 is 3.33. The third-order valence-corrected chi connectivity index (χ3v) is 4.16. The van der Waals surface area contributed by atoms with Crippen LogP contribution in [-0.4, -0.2) is 101 Å². The monoisotopic (exact) mass is 1140 g/mol. The van der Waals surface area contributed by atoms with Gasteiger partial charge in [-0.3, -0.25) is 0 Å². The van der Waals surface area contributed by atoms with Crippen LogP contribution in [0.4, 0.5) is 79.0 Å². The van der Waals surface area contributed by atoms with Crippen molar-refractivity contribution in [3.8, 4) is 0 Å². The zero-order valence-electron chi connectivity index (χ0n) is 28.3. The van der Waals surface area contributed by atoms with E-state index in [4.69, 9.17) is 30.6 Å². The molecule has 6 nitrogen and oxygen atoms in total. The fourth-order valence-corrected chi connectivity index (χ4v) is 0. The molecule has 0 aliphatic carbocycles. The van der Waals surface area contributed by atoms with Gasteiger partial charge in [0.1, 0.15) is 0 Å². The van der Waals surface area contributed by atoms with Gasteiger partial charge in [0.05, 0.1) is 0 Å². The Morgan fingerprint density at radius 1 is 0.220 bits per heavy atom. The van der Waals surface area contributed by atoms with Gasteiger partial charge in [0.2, 0.25) is 0 Å². The number of aliphatic hydroxyl groups is 6. The molecule has 0 aromatic heterocycles. The van der Waals surface area contributed by atoms with E-state index >= 15 is 0 Å². The van der Waals surface area contributed by atoms with Crippen LogP contribution in [-0.2, 0) is 31.9 Å². The Balaban J connectivity index is -0.0000000878. The van der Waals surface area contributed by atoms with E-state index in [2.05, 4.69) is 0 Å². The van der Waals surface area contributed by atoms with Crippen LogP contribution in [0.2, 0.25) is 0 Å². The van der Waals surface area contributed by atoms with Crippen molar-refractivity contribution in [3.63, 3.8) is 0 Å². The van der Waals surface area contributed by atoms with E-state index in [9.17, 15) is 79.0 Å². The van der Waals surface area contributed by atoms with E-state index in [1.807, 2.05) is 0 Å². The van der Waals surface area contributed by atoms with Crippen LogP contribution in [0.1, 0.15) is 83.1 Å². The molecule has 0 aromatic carbocycles. The molecule has 0 fully saturated rings. The second-order valence-corrected chi connectivity index (χ2v) is 12.3. The first-order valence-corrected chi connectivity index (χ1v) is 23.4. The molecule has 0 heterocycles. The van der Waals surface area contributed by atoms with Crippen molar-refractivity contribution in [2.75, 3.05) is 0 Å². The topological polar surface area (TPSA) is 121 Å². The van der Waals surface area contributed by atoms with Crippen molar-refractivity contribution in [2.24, 2.45) is 0 Å². The summed E-state index contributed by atoms with van der Waals surface area (Å²) in [5.41, 5.74) is -15.4. The number of halogens is 18. The maximum absolute atomic E-state index is 11.3. The summed E-state index contributed by atoms with van der Waals surface area (Å²) < 4.78 is 204. The molecule has 50 heavy (non-hydrogen) atoms. The molecule has 0 bridgehead atoms. The molecule has 0 spiro atoms. The number of hydrogen-bond donors (Lipinski definition) is 6. The van der Waals surface area contributed by atoms with Crippen molar-refractivity contribution >= 4 is 0 Å². The van der Waals surface area contributed by atoms with Gasteiger partial charge in [0, 0.05) is 0 Å². The minimum absolute atomic E-state index is 0.701. The summed E-state index contributed by atoms with van der Waals surface area (Å²) in [7, 11) is 0. The van der Waals surface area contributed by atoms with Crippen LogP contribution >= 0.6 is 0 Å². The summed E-state index contributed by atoms with van der Waals surface area (Å²) in [4.78, 5) is 0. The fraction of sp³-hybridized carbons (Fsp3) is 1.00. The zero-order chi connectivity index (χ0) is 44.0. The average Bonchev–Trinajstić information content (AvgIpc) is 2.68. The third-order valence-electron chi connectivity index (χ3n) is 4.16. The predicted molar refractivity (Wildman–Crippen MR) is 134 cm³/mol. The van der Waals surface area contributed by atoms with Crippen molar-refractivity contribution in [2.45, 2.75) is 154 Å². The first kappa shape index (κ1) is 64.8. The van der Waals surface area contributed by atoms with Crippen LogP contribution in [0.15, 0.2) is 0 Å². The molecule has 0 saturated carbocycles. The normalized spacial score (nSPS) is 13.7. The van der Waals surface area contributed by atoms with E-state index < -0.39 is 70.7 Å². The van der Waals surface area contributed by atoms with E-state index in [0.717, 1.165) is 0 Å². The molecule has 0 aliphatic rings. The molecule has 0 saturated heterocycles. The van der Waals surface area contributed by atoms with Crippen LogP contribution in [0.3, 0.4) is 0 Å². The van der Waals surface area contributed by atoms with Gasteiger partial charge in [0.25, 0.3) is 0 Å². The predicted octanol–water partition coefficient (Wildman–Crippen LogP) is 7.91. The van der Waals surface area contributed by atoms with Crippen molar-refractivity contribution in [3.05, 3.63) is 0 Å². The quantitative estimate of drug-likeness (QED) is 0.137. The van der Waals surface area contributed by atoms with E-state index in [1.54, 1.807) is 31.9 Å². The van der Waals surface area contributed by atoms with Crippen LogP contribution < -0.4 is 0 Å². The summed E-state index contributed by atoms with van der Waals surface area (Å²) in [5, 5.41) is 49.4. The van der Waals surface area contributed by atoms with Gasteiger partial charge in [-0.1, -0.05) is 0 Å². The summed E-state index contributed by atoms with van der Waals surface area (Å²) in [6.45, 7) is 8.42. The molecule has 0 radical (unpaired) electrons. The van der Waals surface area contributed by atoms with Gasteiger partial charge < -0.3 is 30.6 Å². The van der Waals surface area contributed by atoms with E-state index in [0.29, 0.717) is 83.1 Å². The molecule has 0 aliphatic heterocycles. The molecular weight excluding hydrogens is 1090 g/mol. The summed E-state index contributed by atoms with van der Waals surface area (Å²) in [6, 6.07) is 0. The van der Waals surface area contributed by atoms with Gasteiger partial charge in [-0.15, -0.1) is 0 Å². The SMILES string of the molecule is CC(C)(O)C(F)(F)F.CC(C)(O)C(F)(F)F.CC(C)(O)C(F)(F)F.CC(C)(O)C(F)(F)F.CC(C)(O)C(F)(F)F.CC(C)(O)C(F)(F)F.[W]#[W]. The fourth-order valence-electron chi connectivity index (χ4n) is 0. The van der Waals surface area contributed by atoms with Gasteiger partial charge >= 0.3 is 68.9 Å². The first-order valence-electron chi connectivity index (χ1n) is 12.4. The zero-order valence-corrected chi connectivity index (χ0v) is 34.2. The molecule has 312 valence electrons. The Hall–Kier alpha value is -0.123. The average molecular weight is 1140 g/mol. The number of hydrogen-bond acceptors (Lipinski definition) is 6. The molecule has 0 atom stereocenters. The number of alkyl halides is 18. The van der Waals surface area contributed by atoms with Gasteiger partial charge in [-0.25, -0.2) is 0 Å². The van der Waals surface area contributed by atoms with Crippen LogP contribution in [0, 0.1) is 0 Å². The second kappa shape index (κ2) is 21.7. The maximum atomic E-state index is 11.3. The summed E-state index contributed by atoms with van der Waals surface area (Å²) in [5.74, 6) is 0. The minimum atomic E-state index is -4.51. The molecule has 6 N–H and O–H groups in total. The van der Waals surface area contributed by atoms with Crippen molar-refractivity contribution < 1.29 is 142 Å². The first-order chi connectivity index (χ1) is 20.5. The Labute approximate surface area is 294 Å². The second-order valence-electron chi connectivity index (χ2n) is 12.3. The van der Waals surface area contributed by atoms with Crippen LogP contribution in [0.25, 0.3) is 0 Å². The Morgan fingerprint density at radius 3 is 0.240 bits per heavy atom. The van der Waals surface area contributed by atoms with Gasteiger partial charge in [-0.05, 0) is 83.1 Å².